The Morgan fingerprint density at radius 3 is 2.26 bits per heavy atom. The maximum atomic E-state index is 15.1. The Labute approximate surface area is 256 Å². The number of likely N-dealkylation sites (tertiary alicyclic amines) is 1. The van der Waals surface area contributed by atoms with Crippen LogP contribution in [0.3, 0.4) is 0 Å². The molecule has 2 bridgehead atoms. The summed E-state index contributed by atoms with van der Waals surface area (Å²) in [7, 11) is 1.75. The van der Waals surface area contributed by atoms with Crippen LogP contribution in [0.1, 0.15) is 72.4 Å². The molecule has 230 valence electrons. The molecule has 1 aromatic carbocycles. The van der Waals surface area contributed by atoms with Gasteiger partial charge in [0.2, 0.25) is 17.7 Å². The normalized spacial score (nSPS) is 29.3. The van der Waals surface area contributed by atoms with E-state index in [1.807, 2.05) is 35.2 Å². The van der Waals surface area contributed by atoms with Gasteiger partial charge in [0.1, 0.15) is 6.04 Å². The van der Waals surface area contributed by atoms with Crippen molar-refractivity contribution >= 4 is 29.5 Å². The molecule has 4 rings (SSSR count). The van der Waals surface area contributed by atoms with Crippen LogP contribution in [0.4, 0.5) is 0 Å². The number of hydrogen-bond donors (Lipinski definition) is 1. The first kappa shape index (κ1) is 32.3. The average molecular weight is 596 g/mol. The van der Waals surface area contributed by atoms with Crippen molar-refractivity contribution in [2.75, 3.05) is 26.7 Å². The summed E-state index contributed by atoms with van der Waals surface area (Å²) in [5, 5.41) is 10.8. The number of fused-ring (bicyclic) bond motifs is 1. The summed E-state index contributed by atoms with van der Waals surface area (Å²) in [6.45, 7) is 20.9. The molecule has 3 amide bonds. The molecule has 2 unspecified atom stereocenters. The lowest BCUT2D eigenvalue weighted by Gasteiger charge is -2.46. The highest BCUT2D eigenvalue weighted by atomic mass is 32.2. The second kappa shape index (κ2) is 11.5. The molecule has 3 aliphatic heterocycles. The number of carbonyl (C=O) groups is 3. The number of hydrogen-bond acceptors (Lipinski definition) is 5. The molecular weight excluding hydrogens is 546 g/mol. The minimum atomic E-state index is -0.833. The zero-order valence-electron chi connectivity index (χ0n) is 26.4. The first-order chi connectivity index (χ1) is 19.6. The Morgan fingerprint density at radius 1 is 1.10 bits per heavy atom. The topological polar surface area (TPSA) is 81.2 Å². The fraction of sp³-hybridized carbons (Fsp3) is 0.618. The van der Waals surface area contributed by atoms with Crippen molar-refractivity contribution in [2.45, 2.75) is 87.9 Å². The van der Waals surface area contributed by atoms with Gasteiger partial charge in [0.05, 0.1) is 29.2 Å². The van der Waals surface area contributed by atoms with Crippen molar-refractivity contribution in [2.24, 2.45) is 17.3 Å². The van der Waals surface area contributed by atoms with E-state index < -0.39 is 39.0 Å². The molecule has 3 saturated heterocycles. The standard InChI is InChI=1S/C34H49N3O4S/c1-10-19-35(9)28(39)25-26-29(40)37(24(21-38)23-15-13-12-14-16-23)27(34(26)18-17-33(25,8)42-34)30(41)36(20-11-2)32(6,7)22-31(3,4)5/h10-16,24-27,38H,1-2,17-22H2,3-9H3/t24-,25-,26+,27?,33+,34?/m1/s1. The van der Waals surface area contributed by atoms with Crippen LogP contribution in [0.5, 0.6) is 0 Å². The van der Waals surface area contributed by atoms with Gasteiger partial charge in [0.25, 0.3) is 0 Å². The van der Waals surface area contributed by atoms with Crippen LogP contribution in [0, 0.1) is 17.3 Å². The van der Waals surface area contributed by atoms with Gasteiger partial charge < -0.3 is 19.8 Å². The minimum absolute atomic E-state index is 0.0475. The highest BCUT2D eigenvalue weighted by Gasteiger charge is 2.78. The van der Waals surface area contributed by atoms with Crippen LogP contribution >= 0.6 is 11.8 Å². The summed E-state index contributed by atoms with van der Waals surface area (Å²) in [6, 6.07) is 7.88. The Balaban J connectivity index is 1.90. The summed E-state index contributed by atoms with van der Waals surface area (Å²) >= 11 is 1.66. The third-order valence-corrected chi connectivity index (χ3v) is 11.4. The van der Waals surface area contributed by atoms with Gasteiger partial charge in [0, 0.05) is 30.4 Å². The van der Waals surface area contributed by atoms with Crippen LogP contribution < -0.4 is 0 Å². The molecule has 0 saturated carbocycles. The quantitative estimate of drug-likeness (QED) is 0.361. The lowest BCUT2D eigenvalue weighted by Crippen LogP contribution is -2.60. The molecule has 8 heteroatoms. The molecule has 3 heterocycles. The number of aliphatic hydroxyl groups is 1. The van der Waals surface area contributed by atoms with E-state index in [0.29, 0.717) is 19.5 Å². The number of rotatable bonds is 11. The van der Waals surface area contributed by atoms with Crippen LogP contribution in [-0.2, 0) is 14.4 Å². The molecule has 0 radical (unpaired) electrons. The Kier molecular flexibility index (Phi) is 8.85. The average Bonchev–Trinajstić information content (AvgIpc) is 3.47. The molecular formula is C34H49N3O4S. The summed E-state index contributed by atoms with van der Waals surface area (Å²) in [4.78, 5) is 49.0. The zero-order valence-corrected chi connectivity index (χ0v) is 27.2. The molecule has 1 aromatic rings. The molecule has 42 heavy (non-hydrogen) atoms. The minimum Gasteiger partial charge on any atom is -0.394 e. The fourth-order valence-electron chi connectivity index (χ4n) is 8.21. The smallest absolute Gasteiger partial charge is 0.247 e. The van der Waals surface area contributed by atoms with Crippen molar-refractivity contribution in [3.05, 3.63) is 61.2 Å². The van der Waals surface area contributed by atoms with E-state index in [4.69, 9.17) is 0 Å². The van der Waals surface area contributed by atoms with E-state index in [9.17, 15) is 14.7 Å². The number of amides is 3. The van der Waals surface area contributed by atoms with Gasteiger partial charge >= 0.3 is 0 Å². The number of carbonyl (C=O) groups excluding carboxylic acids is 3. The maximum Gasteiger partial charge on any atom is 0.247 e. The molecule has 3 fully saturated rings. The largest absolute Gasteiger partial charge is 0.394 e. The predicted molar refractivity (Wildman–Crippen MR) is 170 cm³/mol. The lowest BCUT2D eigenvalue weighted by molar-refractivity contribution is -0.150. The SMILES string of the molecule is C=CCN(C)C(=O)[C@H]1[C@H]2C(=O)N([C@H](CO)c3ccccc3)C(C(=O)N(CC=C)C(C)(C)CC(C)(C)C)C23CC[C@]1(C)S3. The number of benzene rings is 1. The lowest BCUT2D eigenvalue weighted by atomic mass is 9.66. The summed E-state index contributed by atoms with van der Waals surface area (Å²) < 4.78 is -1.25. The predicted octanol–water partition coefficient (Wildman–Crippen LogP) is 5.08. The van der Waals surface area contributed by atoms with Crippen LogP contribution in [0.25, 0.3) is 0 Å². The van der Waals surface area contributed by atoms with Crippen LogP contribution in [0.15, 0.2) is 55.6 Å². The van der Waals surface area contributed by atoms with Crippen molar-refractivity contribution in [3.8, 4) is 0 Å². The van der Waals surface area contributed by atoms with E-state index in [-0.39, 0.29) is 29.7 Å². The zero-order chi connectivity index (χ0) is 31.3. The Bertz CT molecular complexity index is 1230. The van der Waals surface area contributed by atoms with E-state index >= 15 is 4.79 Å². The Hall–Kier alpha value is -2.58. The van der Waals surface area contributed by atoms with E-state index in [2.05, 4.69) is 54.7 Å². The van der Waals surface area contributed by atoms with Gasteiger partial charge in [0.15, 0.2) is 0 Å². The first-order valence-corrected chi connectivity index (χ1v) is 15.9. The molecule has 1 spiro atoms. The van der Waals surface area contributed by atoms with Crippen LogP contribution in [0.2, 0.25) is 0 Å². The number of aliphatic hydroxyl groups excluding tert-OH is 1. The number of nitrogens with zero attached hydrogens (tertiary/aromatic N) is 3. The third-order valence-electron chi connectivity index (χ3n) is 9.46. The number of thioether (sulfide) groups is 1. The molecule has 7 nitrogen and oxygen atoms in total. The highest BCUT2D eigenvalue weighted by Crippen LogP contribution is 2.72. The van der Waals surface area contributed by atoms with E-state index in [1.165, 1.54) is 0 Å². The second-order valence-electron chi connectivity index (χ2n) is 14.4. The summed E-state index contributed by atoms with van der Waals surface area (Å²) in [5.74, 6) is -1.68. The van der Waals surface area contributed by atoms with Crippen LogP contribution in [-0.4, -0.2) is 85.3 Å². The van der Waals surface area contributed by atoms with Gasteiger partial charge in [-0.2, -0.15) is 0 Å². The summed E-state index contributed by atoms with van der Waals surface area (Å²) in [5.41, 5.74) is 0.192. The highest BCUT2D eigenvalue weighted by molar-refractivity contribution is 8.02. The van der Waals surface area contributed by atoms with Gasteiger partial charge in [-0.05, 0) is 51.0 Å². The Morgan fingerprint density at radius 2 is 1.71 bits per heavy atom. The van der Waals surface area contributed by atoms with Crippen molar-refractivity contribution in [1.82, 2.24) is 14.7 Å². The third kappa shape index (κ3) is 5.34. The second-order valence-corrected chi connectivity index (χ2v) is 16.3. The first-order valence-electron chi connectivity index (χ1n) is 15.0. The maximum absolute atomic E-state index is 15.1. The van der Waals surface area contributed by atoms with E-state index in [0.717, 1.165) is 18.4 Å². The molecule has 6 atom stereocenters. The molecule has 0 aliphatic carbocycles. The number of likely N-dealkylation sites (N-methyl/N-ethyl adjacent to an activating group) is 1. The summed E-state index contributed by atoms with van der Waals surface area (Å²) in [6.07, 6.45) is 5.57. The monoisotopic (exact) mass is 595 g/mol. The fourth-order valence-corrected chi connectivity index (χ4v) is 10.5. The molecule has 0 aromatic heterocycles. The van der Waals surface area contributed by atoms with Gasteiger partial charge in [-0.1, -0.05) is 63.3 Å². The molecule has 1 N–H and O–H groups in total. The van der Waals surface area contributed by atoms with Gasteiger partial charge in [-0.15, -0.1) is 24.9 Å². The van der Waals surface area contributed by atoms with Gasteiger partial charge in [-0.25, -0.2) is 0 Å². The van der Waals surface area contributed by atoms with Crippen molar-refractivity contribution in [1.29, 1.82) is 0 Å². The van der Waals surface area contributed by atoms with Crippen molar-refractivity contribution < 1.29 is 19.5 Å². The van der Waals surface area contributed by atoms with Gasteiger partial charge in [-0.3, -0.25) is 14.4 Å². The molecule has 3 aliphatic rings. The van der Waals surface area contributed by atoms with E-state index in [1.54, 1.807) is 40.8 Å². The van der Waals surface area contributed by atoms with Crippen molar-refractivity contribution in [3.63, 3.8) is 0 Å².